The highest BCUT2D eigenvalue weighted by atomic mass is 35.5. The van der Waals surface area contributed by atoms with Crippen LogP contribution in [0, 0.1) is 0 Å². The molecule has 2 heterocycles. The summed E-state index contributed by atoms with van der Waals surface area (Å²) in [4.78, 5) is 14.4. The maximum absolute atomic E-state index is 6.23. The van der Waals surface area contributed by atoms with Gasteiger partial charge in [-0.15, -0.1) is 0 Å². The van der Waals surface area contributed by atoms with Gasteiger partial charge in [0.2, 0.25) is 0 Å². The second-order valence-corrected chi connectivity index (χ2v) is 9.53. The van der Waals surface area contributed by atoms with Gasteiger partial charge in [0.1, 0.15) is 0 Å². The normalized spacial score (nSPS) is 13.6. The molecule has 0 aliphatic carbocycles. The minimum Gasteiger partial charge on any atom is -0.246 e. The third kappa shape index (κ3) is 2.52. The largest absolute Gasteiger partial charge is 0.246 e. The van der Waals surface area contributed by atoms with E-state index in [9.17, 15) is 0 Å². The second-order valence-electron chi connectivity index (χ2n) is 6.55. The number of nitrogens with zero attached hydrogens (tertiary/aromatic N) is 2. The Morgan fingerprint density at radius 3 is 1.54 bits per heavy atom. The molecule has 4 aromatic carbocycles. The van der Waals surface area contributed by atoms with Crippen molar-refractivity contribution >= 4 is 68.9 Å². The molecule has 6 rings (SSSR count). The van der Waals surface area contributed by atoms with Crippen molar-refractivity contribution in [1.82, 2.24) is 0 Å². The van der Waals surface area contributed by atoms with Crippen LogP contribution < -0.4 is 10.7 Å². The van der Waals surface area contributed by atoms with Crippen LogP contribution in [0.2, 0.25) is 10.0 Å². The number of halogens is 2. The lowest BCUT2D eigenvalue weighted by atomic mass is 10.1. The van der Waals surface area contributed by atoms with Crippen LogP contribution >= 0.6 is 46.7 Å². The summed E-state index contributed by atoms with van der Waals surface area (Å²) in [5, 5.41) is 5.67. The molecule has 0 amide bonds. The predicted octanol–water partition coefficient (Wildman–Crippen LogP) is 6.98. The fourth-order valence-electron chi connectivity index (χ4n) is 3.55. The third-order valence-corrected chi connectivity index (χ3v) is 7.70. The molecule has 4 aromatic rings. The summed E-state index contributed by atoms with van der Waals surface area (Å²) >= 11 is 15.9. The Labute approximate surface area is 179 Å². The molecule has 0 fully saturated rings. The van der Waals surface area contributed by atoms with Crippen molar-refractivity contribution < 1.29 is 0 Å². The van der Waals surface area contributed by atoms with E-state index >= 15 is 0 Å². The zero-order chi connectivity index (χ0) is 18.8. The highest BCUT2D eigenvalue weighted by molar-refractivity contribution is 8.02. The number of hydrogen-bond acceptors (Lipinski definition) is 4. The van der Waals surface area contributed by atoms with E-state index in [1.54, 1.807) is 23.5 Å². The summed E-state index contributed by atoms with van der Waals surface area (Å²) in [6, 6.07) is 20.0. The van der Waals surface area contributed by atoms with E-state index in [1.165, 1.54) is 0 Å². The Bertz CT molecular complexity index is 1340. The van der Waals surface area contributed by atoms with E-state index in [0.29, 0.717) is 10.0 Å². The van der Waals surface area contributed by atoms with Crippen molar-refractivity contribution in [3.8, 4) is 0 Å². The zero-order valence-corrected chi connectivity index (χ0v) is 17.4. The summed E-state index contributed by atoms with van der Waals surface area (Å²) in [7, 11) is 0. The van der Waals surface area contributed by atoms with Gasteiger partial charge < -0.3 is 0 Å². The molecule has 0 aromatic heterocycles. The Morgan fingerprint density at radius 2 is 1.07 bits per heavy atom. The van der Waals surface area contributed by atoms with Gasteiger partial charge in [0.25, 0.3) is 0 Å². The topological polar surface area (TPSA) is 24.7 Å². The minimum atomic E-state index is 0.717. The SMILES string of the molecule is Clc1ccc2c(c1)Sc1c3c(c4ccccc4c1=N2)=Nc1ccc(Cl)cc1S3. The smallest absolute Gasteiger partial charge is 0.0868 e. The molecular formula is C22H10Cl2N2S2. The molecule has 2 aliphatic heterocycles. The Hall–Kier alpha value is -1.98. The van der Waals surface area contributed by atoms with Crippen LogP contribution in [-0.2, 0) is 0 Å². The first-order valence-corrected chi connectivity index (χ1v) is 11.0. The molecule has 0 spiro atoms. The van der Waals surface area contributed by atoms with Gasteiger partial charge in [-0.3, -0.25) is 0 Å². The molecule has 0 bridgehead atoms. The van der Waals surface area contributed by atoms with Crippen LogP contribution in [0.15, 0.2) is 90.2 Å². The Balaban J connectivity index is 1.77. The predicted molar refractivity (Wildman–Crippen MR) is 117 cm³/mol. The van der Waals surface area contributed by atoms with Crippen molar-refractivity contribution in [3.05, 3.63) is 81.4 Å². The van der Waals surface area contributed by atoms with Crippen molar-refractivity contribution in [2.45, 2.75) is 19.6 Å². The average molecular weight is 437 g/mol. The van der Waals surface area contributed by atoms with Crippen molar-refractivity contribution in [2.75, 3.05) is 0 Å². The summed E-state index contributed by atoms with van der Waals surface area (Å²) in [5.41, 5.74) is 1.90. The molecule has 0 unspecified atom stereocenters. The van der Waals surface area contributed by atoms with E-state index in [-0.39, 0.29) is 0 Å². The van der Waals surface area contributed by atoms with Crippen molar-refractivity contribution in [2.24, 2.45) is 9.98 Å². The first kappa shape index (κ1) is 16.9. The van der Waals surface area contributed by atoms with Gasteiger partial charge in [-0.25, -0.2) is 9.98 Å². The highest BCUT2D eigenvalue weighted by Gasteiger charge is 2.24. The van der Waals surface area contributed by atoms with Gasteiger partial charge in [-0.1, -0.05) is 71.0 Å². The van der Waals surface area contributed by atoms with Crippen molar-refractivity contribution in [3.63, 3.8) is 0 Å². The molecule has 28 heavy (non-hydrogen) atoms. The van der Waals surface area contributed by atoms with Crippen LogP contribution in [-0.4, -0.2) is 0 Å². The van der Waals surface area contributed by atoms with Gasteiger partial charge in [0.15, 0.2) is 0 Å². The molecule has 2 nitrogen and oxygen atoms in total. The lowest BCUT2D eigenvalue weighted by Crippen LogP contribution is -2.21. The van der Waals surface area contributed by atoms with Crippen molar-refractivity contribution in [1.29, 1.82) is 0 Å². The van der Waals surface area contributed by atoms with Gasteiger partial charge >= 0.3 is 0 Å². The van der Waals surface area contributed by atoms with Crippen LogP contribution in [0.5, 0.6) is 0 Å². The van der Waals surface area contributed by atoms with Crippen LogP contribution in [0.25, 0.3) is 10.8 Å². The van der Waals surface area contributed by atoms with Gasteiger partial charge in [0.05, 0.1) is 31.9 Å². The van der Waals surface area contributed by atoms with Crippen LogP contribution in [0.4, 0.5) is 11.4 Å². The van der Waals surface area contributed by atoms with E-state index in [0.717, 1.165) is 52.4 Å². The Morgan fingerprint density at radius 1 is 0.607 bits per heavy atom. The van der Waals surface area contributed by atoms with Gasteiger partial charge in [-0.05, 0) is 36.4 Å². The molecule has 2 aliphatic rings. The van der Waals surface area contributed by atoms with E-state index in [2.05, 4.69) is 24.3 Å². The monoisotopic (exact) mass is 436 g/mol. The number of rotatable bonds is 0. The van der Waals surface area contributed by atoms with E-state index in [4.69, 9.17) is 33.2 Å². The molecule has 134 valence electrons. The lowest BCUT2D eigenvalue weighted by Gasteiger charge is -2.21. The fourth-order valence-corrected chi connectivity index (χ4v) is 6.41. The Kier molecular flexibility index (Phi) is 3.78. The quantitative estimate of drug-likeness (QED) is 0.256. The summed E-state index contributed by atoms with van der Waals surface area (Å²) < 4.78 is 0. The summed E-state index contributed by atoms with van der Waals surface area (Å²) in [6.07, 6.45) is 0. The van der Waals surface area contributed by atoms with Gasteiger partial charge in [0, 0.05) is 30.6 Å². The van der Waals surface area contributed by atoms with E-state index < -0.39 is 0 Å². The number of fused-ring (bicyclic) bond motifs is 8. The first-order valence-electron chi connectivity index (χ1n) is 8.64. The first-order chi connectivity index (χ1) is 13.7. The molecular weight excluding hydrogens is 427 g/mol. The lowest BCUT2D eigenvalue weighted by molar-refractivity contribution is 1.06. The highest BCUT2D eigenvalue weighted by Crippen LogP contribution is 2.46. The standard InChI is InChI=1S/C22H10Cl2N2S2/c23-11-5-7-15-17(9-11)27-21-19(25-15)13-3-1-2-4-14(13)20-22(21)28-18-10-12(24)6-8-16(18)26-20/h1-10H. The fraction of sp³-hybridized carbons (Fsp3) is 0. The third-order valence-electron chi connectivity index (χ3n) is 4.81. The van der Waals surface area contributed by atoms with Gasteiger partial charge in [-0.2, -0.15) is 0 Å². The number of hydrogen-bond donors (Lipinski definition) is 0. The minimum absolute atomic E-state index is 0.717. The molecule has 0 saturated carbocycles. The summed E-state index contributed by atoms with van der Waals surface area (Å²) in [6.45, 7) is 0. The van der Waals surface area contributed by atoms with E-state index in [1.807, 2.05) is 36.4 Å². The van der Waals surface area contributed by atoms with Crippen LogP contribution in [0.1, 0.15) is 0 Å². The summed E-state index contributed by atoms with van der Waals surface area (Å²) in [5.74, 6) is 0. The van der Waals surface area contributed by atoms with Crippen LogP contribution in [0.3, 0.4) is 0 Å². The molecule has 0 saturated heterocycles. The molecule has 0 atom stereocenters. The molecule has 0 N–H and O–H groups in total. The zero-order valence-electron chi connectivity index (χ0n) is 14.2. The maximum atomic E-state index is 6.23. The average Bonchev–Trinajstić information content (AvgIpc) is 2.71. The molecule has 0 radical (unpaired) electrons. The second kappa shape index (κ2) is 6.26. The number of benzene rings is 4. The molecule has 6 heteroatoms. The maximum Gasteiger partial charge on any atom is 0.0868 e.